The summed E-state index contributed by atoms with van der Waals surface area (Å²) < 4.78 is 11.4. The van der Waals surface area contributed by atoms with E-state index in [0.717, 1.165) is 25.3 Å². The first-order chi connectivity index (χ1) is 13.9. The van der Waals surface area contributed by atoms with Crippen molar-refractivity contribution in [1.82, 2.24) is 9.88 Å². The highest BCUT2D eigenvalue weighted by Gasteiger charge is 2.22. The molecule has 0 saturated carbocycles. The highest BCUT2D eigenvalue weighted by atomic mass is 35.5. The Hall–Kier alpha value is -1.38. The highest BCUT2D eigenvalue weighted by Crippen LogP contribution is 2.31. The molecule has 0 aliphatic carbocycles. The van der Waals surface area contributed by atoms with E-state index in [4.69, 9.17) is 32.7 Å². The number of aromatic nitrogens is 1. The molecule has 2 heterocycles. The van der Waals surface area contributed by atoms with E-state index < -0.39 is 0 Å². The van der Waals surface area contributed by atoms with Gasteiger partial charge < -0.3 is 14.8 Å². The molecule has 1 saturated heterocycles. The normalized spacial score (nSPS) is 19.9. The van der Waals surface area contributed by atoms with Crippen molar-refractivity contribution in [2.45, 2.75) is 45.4 Å². The van der Waals surface area contributed by atoms with E-state index in [9.17, 15) is 4.79 Å². The zero-order valence-electron chi connectivity index (χ0n) is 16.5. The molecule has 1 N–H and O–H groups in total. The van der Waals surface area contributed by atoms with Crippen LogP contribution in [-0.4, -0.2) is 47.7 Å². The average Bonchev–Trinajstić information content (AvgIpc) is 3.08. The molecule has 158 valence electrons. The van der Waals surface area contributed by atoms with Crippen molar-refractivity contribution in [2.75, 3.05) is 25.0 Å². The molecule has 9 heteroatoms. The fraction of sp³-hybridized carbons (Fsp3) is 0.500. The molecule has 29 heavy (non-hydrogen) atoms. The van der Waals surface area contributed by atoms with Gasteiger partial charge in [0.25, 0.3) is 0 Å². The summed E-state index contributed by atoms with van der Waals surface area (Å²) in [6.45, 7) is 7.09. The molecule has 2 atom stereocenters. The zero-order chi connectivity index (χ0) is 20.8. The summed E-state index contributed by atoms with van der Waals surface area (Å²) in [6, 6.07) is 5.22. The summed E-state index contributed by atoms with van der Waals surface area (Å²) >= 11 is 13.5. The van der Waals surface area contributed by atoms with Crippen molar-refractivity contribution in [3.8, 4) is 5.75 Å². The Bertz CT molecular complexity index is 823. The minimum absolute atomic E-state index is 0.0830. The number of thiazole rings is 1. The van der Waals surface area contributed by atoms with Crippen LogP contribution in [0.25, 0.3) is 0 Å². The molecule has 1 fully saturated rings. The van der Waals surface area contributed by atoms with Crippen molar-refractivity contribution in [3.63, 3.8) is 0 Å². The van der Waals surface area contributed by atoms with Crippen LogP contribution in [0, 0.1) is 0 Å². The molecule has 1 aliphatic heterocycles. The number of nitrogens with one attached hydrogen (secondary N) is 1. The van der Waals surface area contributed by atoms with Crippen LogP contribution in [0.5, 0.6) is 5.75 Å². The van der Waals surface area contributed by atoms with Gasteiger partial charge in [0.2, 0.25) is 5.91 Å². The van der Waals surface area contributed by atoms with E-state index in [0.29, 0.717) is 40.4 Å². The molecule has 1 aliphatic rings. The summed E-state index contributed by atoms with van der Waals surface area (Å²) in [5.41, 5.74) is 0.963. The van der Waals surface area contributed by atoms with Gasteiger partial charge in [-0.1, -0.05) is 29.3 Å². The third-order valence-electron chi connectivity index (χ3n) is 4.40. The smallest absolute Gasteiger partial charge is 0.226 e. The van der Waals surface area contributed by atoms with Crippen molar-refractivity contribution in [2.24, 2.45) is 0 Å². The second kappa shape index (κ2) is 10.6. The number of hydrogen-bond donors (Lipinski definition) is 1. The van der Waals surface area contributed by atoms with Crippen LogP contribution in [0.2, 0.25) is 10.0 Å². The second-order valence-corrected chi connectivity index (χ2v) is 8.79. The van der Waals surface area contributed by atoms with E-state index in [1.54, 1.807) is 18.2 Å². The number of nitrogens with zero attached hydrogens (tertiary/aromatic N) is 2. The lowest BCUT2D eigenvalue weighted by Gasteiger charge is -2.34. The number of benzene rings is 1. The van der Waals surface area contributed by atoms with Crippen molar-refractivity contribution in [3.05, 3.63) is 39.3 Å². The summed E-state index contributed by atoms with van der Waals surface area (Å²) in [4.78, 5) is 19.0. The minimum atomic E-state index is -0.0830. The number of amides is 1. The Morgan fingerprint density at radius 3 is 2.86 bits per heavy atom. The van der Waals surface area contributed by atoms with E-state index in [1.807, 2.05) is 5.38 Å². The minimum Gasteiger partial charge on any atom is -0.492 e. The van der Waals surface area contributed by atoms with Gasteiger partial charge in [0.05, 0.1) is 29.5 Å². The Morgan fingerprint density at radius 2 is 2.10 bits per heavy atom. The number of rotatable bonds is 8. The molecule has 2 unspecified atom stereocenters. The summed E-state index contributed by atoms with van der Waals surface area (Å²) in [7, 11) is 0. The van der Waals surface area contributed by atoms with Gasteiger partial charge in [0.15, 0.2) is 5.13 Å². The van der Waals surface area contributed by atoms with Crippen LogP contribution in [0.1, 0.15) is 32.4 Å². The Morgan fingerprint density at radius 1 is 1.34 bits per heavy atom. The zero-order valence-corrected chi connectivity index (χ0v) is 18.8. The first-order valence-electron chi connectivity index (χ1n) is 9.59. The standard InChI is InChI=1S/C20H25Cl2N3O3S/c1-13-9-25(10-14(2)28-13)11-15-12-29-20(23-15)24-18(26)7-4-8-27-17-6-3-5-16(21)19(17)22/h3,5-6,12-14H,4,7-11H2,1-2H3,(H,23,24,26). The van der Waals surface area contributed by atoms with Gasteiger partial charge in [-0.25, -0.2) is 4.98 Å². The number of carbonyl (C=O) groups excluding carboxylic acids is 1. The Labute approximate surface area is 185 Å². The van der Waals surface area contributed by atoms with Crippen molar-refractivity contribution in [1.29, 1.82) is 0 Å². The molecule has 3 rings (SSSR count). The quantitative estimate of drug-likeness (QED) is 0.573. The summed E-state index contributed by atoms with van der Waals surface area (Å²) in [6.07, 6.45) is 1.35. The number of anilines is 1. The maximum Gasteiger partial charge on any atom is 0.226 e. The van der Waals surface area contributed by atoms with Gasteiger partial charge in [0, 0.05) is 31.4 Å². The number of ether oxygens (including phenoxy) is 2. The Kier molecular flexibility index (Phi) is 8.15. The predicted molar refractivity (Wildman–Crippen MR) is 117 cm³/mol. The Balaban J connectivity index is 1.39. The molecular weight excluding hydrogens is 433 g/mol. The van der Waals surface area contributed by atoms with Crippen LogP contribution in [0.15, 0.2) is 23.6 Å². The number of morpholine rings is 1. The molecular formula is C20H25Cl2N3O3S. The van der Waals surface area contributed by atoms with Crippen LogP contribution >= 0.6 is 34.5 Å². The van der Waals surface area contributed by atoms with Gasteiger partial charge in [-0.3, -0.25) is 9.69 Å². The van der Waals surface area contributed by atoms with Gasteiger partial charge >= 0.3 is 0 Å². The van der Waals surface area contributed by atoms with E-state index in [2.05, 4.69) is 29.0 Å². The van der Waals surface area contributed by atoms with Gasteiger partial charge in [-0.2, -0.15) is 0 Å². The highest BCUT2D eigenvalue weighted by molar-refractivity contribution is 7.13. The maximum absolute atomic E-state index is 12.2. The van der Waals surface area contributed by atoms with Crippen LogP contribution < -0.4 is 10.1 Å². The summed E-state index contributed by atoms with van der Waals surface area (Å²) in [5, 5.41) is 6.31. The molecule has 2 aromatic rings. The third-order valence-corrected chi connectivity index (χ3v) is 6.01. The third kappa shape index (κ3) is 6.83. The molecule has 1 amide bonds. The van der Waals surface area contributed by atoms with Gasteiger partial charge in [-0.05, 0) is 32.4 Å². The van der Waals surface area contributed by atoms with Crippen molar-refractivity contribution >= 4 is 45.6 Å². The topological polar surface area (TPSA) is 63.7 Å². The van der Waals surface area contributed by atoms with Crippen molar-refractivity contribution < 1.29 is 14.3 Å². The SMILES string of the molecule is CC1CN(Cc2csc(NC(=O)CCCOc3cccc(Cl)c3Cl)n2)CC(C)O1. The largest absolute Gasteiger partial charge is 0.492 e. The molecule has 1 aromatic carbocycles. The number of hydrogen-bond acceptors (Lipinski definition) is 6. The van der Waals surface area contributed by atoms with Crippen LogP contribution in [-0.2, 0) is 16.1 Å². The first kappa shape index (κ1) is 22.3. The average molecular weight is 458 g/mol. The van der Waals surface area contributed by atoms with E-state index in [1.165, 1.54) is 11.3 Å². The number of halogens is 2. The molecule has 0 bridgehead atoms. The van der Waals surface area contributed by atoms with Crippen LogP contribution in [0.3, 0.4) is 0 Å². The fourth-order valence-electron chi connectivity index (χ4n) is 3.27. The fourth-order valence-corrected chi connectivity index (χ4v) is 4.34. The van der Waals surface area contributed by atoms with E-state index >= 15 is 0 Å². The molecule has 6 nitrogen and oxygen atoms in total. The van der Waals surface area contributed by atoms with Crippen LogP contribution in [0.4, 0.5) is 5.13 Å². The number of carbonyl (C=O) groups is 1. The maximum atomic E-state index is 12.2. The molecule has 1 aromatic heterocycles. The second-order valence-electron chi connectivity index (χ2n) is 7.15. The lowest BCUT2D eigenvalue weighted by Crippen LogP contribution is -2.44. The van der Waals surface area contributed by atoms with Gasteiger partial charge in [0.1, 0.15) is 10.8 Å². The molecule has 0 radical (unpaired) electrons. The van der Waals surface area contributed by atoms with E-state index in [-0.39, 0.29) is 18.1 Å². The monoisotopic (exact) mass is 457 g/mol. The lowest BCUT2D eigenvalue weighted by atomic mass is 10.2. The summed E-state index contributed by atoms with van der Waals surface area (Å²) in [5.74, 6) is 0.441. The first-order valence-corrected chi connectivity index (χ1v) is 11.2. The molecule has 0 spiro atoms. The lowest BCUT2D eigenvalue weighted by molar-refractivity contribution is -0.116. The predicted octanol–water partition coefficient (Wildman–Crippen LogP) is 4.86. The van der Waals surface area contributed by atoms with Gasteiger partial charge in [-0.15, -0.1) is 11.3 Å².